The second-order valence-corrected chi connectivity index (χ2v) is 11.3. The maximum Gasteiger partial charge on any atom is 0.416 e. The second kappa shape index (κ2) is 9.22. The van der Waals surface area contributed by atoms with Crippen LogP contribution < -0.4 is 9.64 Å². The number of likely N-dealkylation sites (N-methyl/N-ethyl adjacent to an activating group) is 1. The van der Waals surface area contributed by atoms with Crippen LogP contribution in [0.2, 0.25) is 0 Å². The van der Waals surface area contributed by atoms with Crippen LogP contribution in [0.5, 0.6) is 5.75 Å². The first-order valence-corrected chi connectivity index (χ1v) is 12.7. The third kappa shape index (κ3) is 5.31. The van der Waals surface area contributed by atoms with Crippen LogP contribution >= 0.6 is 0 Å². The van der Waals surface area contributed by atoms with Gasteiger partial charge < -0.3 is 9.47 Å². The largest absolute Gasteiger partial charge is 0.494 e. The van der Waals surface area contributed by atoms with Gasteiger partial charge in [0, 0.05) is 31.9 Å². The van der Waals surface area contributed by atoms with Crippen molar-refractivity contribution in [2.75, 3.05) is 37.4 Å². The van der Waals surface area contributed by atoms with E-state index < -0.39 is 21.7 Å². The fourth-order valence-electron chi connectivity index (χ4n) is 3.55. The highest BCUT2D eigenvalue weighted by Gasteiger charge is 2.27. The highest BCUT2D eigenvalue weighted by Crippen LogP contribution is 2.28. The van der Waals surface area contributed by atoms with Gasteiger partial charge in [-0.15, -0.1) is 0 Å². The van der Waals surface area contributed by atoms with Gasteiger partial charge in [-0.1, -0.05) is 12.1 Å². The number of nitrogens with zero attached hydrogens (tertiary/aromatic N) is 5. The molecular formula is C23H29N5O5S. The van der Waals surface area contributed by atoms with Crippen molar-refractivity contribution in [3.05, 3.63) is 42.7 Å². The van der Waals surface area contributed by atoms with E-state index >= 15 is 0 Å². The van der Waals surface area contributed by atoms with Gasteiger partial charge in [0.05, 0.1) is 18.6 Å². The third-order valence-corrected chi connectivity index (χ3v) is 7.26. The number of hydrogen-bond donors (Lipinski definition) is 0. The topological polar surface area (TPSA) is 106 Å². The molecule has 4 rings (SSSR count). The standard InChI is InChI=1S/C23H29N5O5S/c1-23(2,3)33-22(29)27-12-11-26(4)34(30,31)14-6-13-32-18-8-5-7-17(15-18)19-16-24-28-10-9-20(27)25-21(19)28/h5,7-10,15-16H,6,11-14H2,1-4H3. The molecule has 1 aromatic carbocycles. The van der Waals surface area contributed by atoms with Crippen molar-refractivity contribution in [3.63, 3.8) is 0 Å². The normalized spacial score (nSPS) is 17.5. The van der Waals surface area contributed by atoms with Gasteiger partial charge >= 0.3 is 6.09 Å². The summed E-state index contributed by atoms with van der Waals surface area (Å²) in [5, 5.41) is 4.39. The van der Waals surface area contributed by atoms with Crippen LogP contribution in [-0.2, 0) is 14.8 Å². The van der Waals surface area contributed by atoms with Crippen molar-refractivity contribution in [1.29, 1.82) is 0 Å². The van der Waals surface area contributed by atoms with E-state index in [-0.39, 0.29) is 25.4 Å². The zero-order valence-corrected chi connectivity index (χ0v) is 20.6. The van der Waals surface area contributed by atoms with Gasteiger partial charge in [0.2, 0.25) is 10.0 Å². The molecule has 0 unspecified atom stereocenters. The Morgan fingerprint density at radius 3 is 2.74 bits per heavy atom. The molecule has 1 aliphatic rings. The second-order valence-electron chi connectivity index (χ2n) is 9.11. The van der Waals surface area contributed by atoms with Gasteiger partial charge in [-0.05, 0) is 51.0 Å². The SMILES string of the molecule is CN1CCN(C(=O)OC(C)(C)C)c2ccn3ncc(c3n2)-c2cccc(c2)OCCCS1(=O)=O. The highest BCUT2D eigenvalue weighted by atomic mass is 32.2. The van der Waals surface area contributed by atoms with Crippen molar-refractivity contribution in [3.8, 4) is 16.9 Å². The summed E-state index contributed by atoms with van der Waals surface area (Å²) in [4.78, 5) is 19.2. The number of hydrogen-bond acceptors (Lipinski definition) is 7. The summed E-state index contributed by atoms with van der Waals surface area (Å²) < 4.78 is 39.8. The quantitative estimate of drug-likeness (QED) is 0.479. The van der Waals surface area contributed by atoms with Crippen LogP contribution in [0.25, 0.3) is 16.8 Å². The van der Waals surface area contributed by atoms with Gasteiger partial charge in [0.25, 0.3) is 0 Å². The lowest BCUT2D eigenvalue weighted by atomic mass is 10.1. The van der Waals surface area contributed by atoms with Crippen LogP contribution in [0.3, 0.4) is 0 Å². The van der Waals surface area contributed by atoms with Crippen LogP contribution in [0.15, 0.2) is 42.7 Å². The first-order chi connectivity index (χ1) is 16.0. The predicted octanol–water partition coefficient (Wildman–Crippen LogP) is 3.18. The number of aromatic nitrogens is 3. The zero-order valence-electron chi connectivity index (χ0n) is 19.8. The Hall–Kier alpha value is -3.18. The molecule has 0 N–H and O–H groups in total. The van der Waals surface area contributed by atoms with E-state index in [2.05, 4.69) is 5.10 Å². The van der Waals surface area contributed by atoms with E-state index in [1.165, 1.54) is 16.3 Å². The summed E-state index contributed by atoms with van der Waals surface area (Å²) in [6.45, 7) is 5.75. The molecule has 1 amide bonds. The first-order valence-electron chi connectivity index (χ1n) is 11.1. The number of amides is 1. The highest BCUT2D eigenvalue weighted by molar-refractivity contribution is 7.89. The predicted molar refractivity (Wildman–Crippen MR) is 129 cm³/mol. The summed E-state index contributed by atoms with van der Waals surface area (Å²) >= 11 is 0. The minimum absolute atomic E-state index is 0.0621. The Labute approximate surface area is 199 Å². The molecule has 34 heavy (non-hydrogen) atoms. The van der Waals surface area contributed by atoms with Crippen LogP contribution in [0.1, 0.15) is 27.2 Å². The van der Waals surface area contributed by atoms with Crippen molar-refractivity contribution in [2.45, 2.75) is 32.8 Å². The van der Waals surface area contributed by atoms with E-state index in [1.807, 2.05) is 24.3 Å². The molecule has 11 heteroatoms. The van der Waals surface area contributed by atoms with Crippen LogP contribution in [-0.4, -0.2) is 71.5 Å². The van der Waals surface area contributed by atoms with Crippen molar-refractivity contribution >= 4 is 27.6 Å². The molecule has 0 radical (unpaired) electrons. The molecular weight excluding hydrogens is 458 g/mol. The fraction of sp³-hybridized carbons (Fsp3) is 0.435. The number of sulfonamides is 1. The molecule has 0 atom stereocenters. The molecule has 4 bridgehead atoms. The molecule has 2 aromatic heterocycles. The van der Waals surface area contributed by atoms with Crippen LogP contribution in [0, 0.1) is 0 Å². The van der Waals surface area contributed by atoms with E-state index in [4.69, 9.17) is 14.5 Å². The smallest absolute Gasteiger partial charge is 0.416 e. The maximum atomic E-state index is 13.1. The van der Waals surface area contributed by atoms with Gasteiger partial charge in [-0.2, -0.15) is 5.10 Å². The number of carbonyl (C=O) groups excluding carboxylic acids is 1. The van der Waals surface area contributed by atoms with Crippen molar-refractivity contribution < 1.29 is 22.7 Å². The molecule has 3 aromatic rings. The monoisotopic (exact) mass is 487 g/mol. The lowest BCUT2D eigenvalue weighted by molar-refractivity contribution is 0.0578. The van der Waals surface area contributed by atoms with Gasteiger partial charge in [0.15, 0.2) is 5.65 Å². The molecule has 0 spiro atoms. The lowest BCUT2D eigenvalue weighted by Crippen LogP contribution is -2.43. The summed E-state index contributed by atoms with van der Waals surface area (Å²) in [6, 6.07) is 9.13. The Morgan fingerprint density at radius 1 is 1.18 bits per heavy atom. The number of ether oxygens (including phenoxy) is 2. The minimum atomic E-state index is -3.53. The van der Waals surface area contributed by atoms with Crippen molar-refractivity contribution in [2.24, 2.45) is 0 Å². The average molecular weight is 488 g/mol. The molecule has 0 saturated heterocycles. The van der Waals surface area contributed by atoms with Gasteiger partial charge in [-0.3, -0.25) is 4.90 Å². The Morgan fingerprint density at radius 2 is 1.97 bits per heavy atom. The molecule has 3 heterocycles. The third-order valence-electron chi connectivity index (χ3n) is 5.32. The number of benzene rings is 1. The molecule has 182 valence electrons. The van der Waals surface area contributed by atoms with E-state index in [1.54, 1.807) is 43.7 Å². The Kier molecular flexibility index (Phi) is 6.50. The van der Waals surface area contributed by atoms with Crippen molar-refractivity contribution in [1.82, 2.24) is 18.9 Å². The molecule has 0 saturated carbocycles. The number of rotatable bonds is 0. The Balaban J connectivity index is 1.81. The first kappa shape index (κ1) is 24.0. The zero-order chi connectivity index (χ0) is 24.5. The van der Waals surface area contributed by atoms with Gasteiger partial charge in [-0.25, -0.2) is 27.0 Å². The lowest BCUT2D eigenvalue weighted by Gasteiger charge is -2.28. The Bertz CT molecular complexity index is 1300. The van der Waals surface area contributed by atoms with E-state index in [0.717, 1.165) is 11.1 Å². The van der Waals surface area contributed by atoms with Crippen LogP contribution in [0.4, 0.5) is 10.6 Å². The number of anilines is 1. The molecule has 0 fully saturated rings. The minimum Gasteiger partial charge on any atom is -0.494 e. The number of carbonyl (C=O) groups is 1. The number of fused-ring (bicyclic) bond motifs is 4. The molecule has 1 aliphatic heterocycles. The fourth-order valence-corrected chi connectivity index (χ4v) is 4.70. The van der Waals surface area contributed by atoms with E-state index in [0.29, 0.717) is 23.6 Å². The summed E-state index contributed by atoms with van der Waals surface area (Å²) in [5.41, 5.74) is 1.45. The molecule has 0 aliphatic carbocycles. The summed E-state index contributed by atoms with van der Waals surface area (Å²) in [5.74, 6) is 0.906. The summed E-state index contributed by atoms with van der Waals surface area (Å²) in [6.07, 6.45) is 3.16. The summed E-state index contributed by atoms with van der Waals surface area (Å²) in [7, 11) is -2.03. The van der Waals surface area contributed by atoms with E-state index in [9.17, 15) is 13.2 Å². The molecule has 10 nitrogen and oxygen atoms in total. The maximum absolute atomic E-state index is 13.1. The average Bonchev–Trinajstić information content (AvgIpc) is 3.18. The van der Waals surface area contributed by atoms with Gasteiger partial charge in [0.1, 0.15) is 17.2 Å².